The molecule has 0 fully saturated rings. The van der Waals surface area contributed by atoms with Gasteiger partial charge in [-0.3, -0.25) is 0 Å². The van der Waals surface area contributed by atoms with Crippen molar-refractivity contribution in [2.45, 2.75) is 57.4 Å². The van der Waals surface area contributed by atoms with Crippen LogP contribution in [0.15, 0.2) is 6.33 Å². The third-order valence-corrected chi connectivity index (χ3v) is 4.11. The molecule has 1 aromatic heterocycles. The fourth-order valence-corrected chi connectivity index (χ4v) is 2.09. The fourth-order valence-electron chi connectivity index (χ4n) is 2.03. The molecule has 94 valence electrons. The Labute approximate surface area is 108 Å². The van der Waals surface area contributed by atoms with E-state index < -0.39 is 0 Å². The summed E-state index contributed by atoms with van der Waals surface area (Å²) < 4.78 is 0. The van der Waals surface area contributed by atoms with Crippen LogP contribution in [-0.4, -0.2) is 20.9 Å². The largest absolute Gasteiger partial charge is 0.363 e. The van der Waals surface area contributed by atoms with Gasteiger partial charge in [-0.1, -0.05) is 0 Å². The summed E-state index contributed by atoms with van der Waals surface area (Å²) in [7, 11) is 0. The summed E-state index contributed by atoms with van der Waals surface area (Å²) in [5.74, 6) is 0.965. The number of hydrogen-bond acceptors (Lipinski definition) is 3. The first-order chi connectivity index (χ1) is 8.00. The van der Waals surface area contributed by atoms with Crippen molar-refractivity contribution < 1.29 is 0 Å². The van der Waals surface area contributed by atoms with E-state index in [-0.39, 0.29) is 10.9 Å². The van der Waals surface area contributed by atoms with Gasteiger partial charge in [0.05, 0.1) is 5.38 Å². The fraction of sp³-hybridized carbons (Fsp3) is 0.692. The van der Waals surface area contributed by atoms with Gasteiger partial charge in [0, 0.05) is 16.8 Å². The molecule has 4 heteroatoms. The Morgan fingerprint density at radius 3 is 2.71 bits per heavy atom. The second kappa shape index (κ2) is 4.81. The molecule has 1 aliphatic rings. The van der Waals surface area contributed by atoms with Crippen LogP contribution in [0.2, 0.25) is 0 Å². The zero-order valence-electron chi connectivity index (χ0n) is 10.8. The lowest BCUT2D eigenvalue weighted by Crippen LogP contribution is -2.39. The molecular formula is C13H20ClN3. The summed E-state index contributed by atoms with van der Waals surface area (Å²) in [5.41, 5.74) is 2.32. The zero-order valence-corrected chi connectivity index (χ0v) is 11.5. The van der Waals surface area contributed by atoms with Crippen LogP contribution in [0.25, 0.3) is 0 Å². The molecule has 3 nitrogen and oxygen atoms in total. The summed E-state index contributed by atoms with van der Waals surface area (Å²) in [6.07, 6.45) is 6.26. The molecule has 1 aliphatic carbocycles. The molecule has 0 aromatic carbocycles. The highest BCUT2D eigenvalue weighted by Crippen LogP contribution is 2.28. The smallest absolute Gasteiger partial charge is 0.133 e. The molecule has 1 atom stereocenters. The van der Waals surface area contributed by atoms with Crippen LogP contribution < -0.4 is 5.32 Å². The van der Waals surface area contributed by atoms with E-state index in [1.165, 1.54) is 24.1 Å². The SMILES string of the molecule is CC(Cl)C(C)(C)Nc1ncnc2c1CCCC2. The molecule has 0 bridgehead atoms. The van der Waals surface area contributed by atoms with E-state index in [0.717, 1.165) is 18.7 Å². The van der Waals surface area contributed by atoms with Crippen molar-refractivity contribution in [1.82, 2.24) is 9.97 Å². The van der Waals surface area contributed by atoms with Crippen LogP contribution in [0, 0.1) is 0 Å². The number of hydrogen-bond donors (Lipinski definition) is 1. The maximum absolute atomic E-state index is 6.20. The van der Waals surface area contributed by atoms with E-state index in [1.54, 1.807) is 6.33 Å². The second-order valence-electron chi connectivity index (χ2n) is 5.32. The van der Waals surface area contributed by atoms with Gasteiger partial charge in [0.1, 0.15) is 12.1 Å². The van der Waals surface area contributed by atoms with Crippen molar-refractivity contribution in [2.75, 3.05) is 5.32 Å². The van der Waals surface area contributed by atoms with Crippen molar-refractivity contribution in [1.29, 1.82) is 0 Å². The highest BCUT2D eigenvalue weighted by Gasteiger charge is 2.26. The number of aromatic nitrogens is 2. The van der Waals surface area contributed by atoms with Crippen LogP contribution in [0.5, 0.6) is 0 Å². The minimum Gasteiger partial charge on any atom is -0.363 e. The maximum atomic E-state index is 6.20. The van der Waals surface area contributed by atoms with Gasteiger partial charge in [-0.2, -0.15) is 0 Å². The number of rotatable bonds is 3. The molecule has 1 N–H and O–H groups in total. The van der Waals surface area contributed by atoms with Crippen LogP contribution in [-0.2, 0) is 12.8 Å². The Morgan fingerprint density at radius 1 is 1.29 bits per heavy atom. The predicted octanol–water partition coefficient (Wildman–Crippen LogP) is 3.17. The second-order valence-corrected chi connectivity index (χ2v) is 5.97. The summed E-state index contributed by atoms with van der Waals surface area (Å²) >= 11 is 6.20. The Hall–Kier alpha value is -0.830. The van der Waals surface area contributed by atoms with Gasteiger partial charge in [0.2, 0.25) is 0 Å². The van der Waals surface area contributed by atoms with Gasteiger partial charge < -0.3 is 5.32 Å². The predicted molar refractivity (Wildman–Crippen MR) is 71.7 cm³/mol. The molecule has 1 aromatic rings. The highest BCUT2D eigenvalue weighted by atomic mass is 35.5. The number of fused-ring (bicyclic) bond motifs is 1. The average Bonchev–Trinajstić information content (AvgIpc) is 2.29. The van der Waals surface area contributed by atoms with Crippen LogP contribution in [0.1, 0.15) is 44.9 Å². The minimum atomic E-state index is -0.166. The quantitative estimate of drug-likeness (QED) is 0.841. The van der Waals surface area contributed by atoms with Crippen LogP contribution in [0.3, 0.4) is 0 Å². The van der Waals surface area contributed by atoms with Gasteiger partial charge in [-0.05, 0) is 46.5 Å². The van der Waals surface area contributed by atoms with E-state index in [1.807, 2.05) is 6.92 Å². The maximum Gasteiger partial charge on any atom is 0.133 e. The van der Waals surface area contributed by atoms with Crippen molar-refractivity contribution in [3.8, 4) is 0 Å². The monoisotopic (exact) mass is 253 g/mol. The van der Waals surface area contributed by atoms with E-state index in [2.05, 4.69) is 29.1 Å². The van der Waals surface area contributed by atoms with Gasteiger partial charge in [-0.25, -0.2) is 9.97 Å². The summed E-state index contributed by atoms with van der Waals surface area (Å²) in [6, 6.07) is 0. The molecule has 1 unspecified atom stereocenters. The average molecular weight is 254 g/mol. The van der Waals surface area contributed by atoms with Gasteiger partial charge in [0.25, 0.3) is 0 Å². The van der Waals surface area contributed by atoms with Crippen molar-refractivity contribution in [3.05, 3.63) is 17.6 Å². The number of nitrogens with zero attached hydrogens (tertiary/aromatic N) is 2. The van der Waals surface area contributed by atoms with E-state index in [4.69, 9.17) is 11.6 Å². The molecule has 17 heavy (non-hydrogen) atoms. The number of alkyl halides is 1. The van der Waals surface area contributed by atoms with E-state index in [0.29, 0.717) is 0 Å². The van der Waals surface area contributed by atoms with E-state index >= 15 is 0 Å². The highest BCUT2D eigenvalue weighted by molar-refractivity contribution is 6.21. The zero-order chi connectivity index (χ0) is 12.5. The lowest BCUT2D eigenvalue weighted by molar-refractivity contribution is 0.548. The molecular weight excluding hydrogens is 234 g/mol. The lowest BCUT2D eigenvalue weighted by Gasteiger charge is -2.31. The molecule has 0 aliphatic heterocycles. The molecule has 0 saturated carbocycles. The third kappa shape index (κ3) is 2.71. The Morgan fingerprint density at radius 2 is 2.00 bits per heavy atom. The van der Waals surface area contributed by atoms with Crippen molar-refractivity contribution in [3.63, 3.8) is 0 Å². The summed E-state index contributed by atoms with van der Waals surface area (Å²) in [6.45, 7) is 6.20. The third-order valence-electron chi connectivity index (χ3n) is 3.56. The van der Waals surface area contributed by atoms with Crippen molar-refractivity contribution in [2.24, 2.45) is 0 Å². The first-order valence-electron chi connectivity index (χ1n) is 6.25. The molecule has 0 amide bonds. The molecule has 2 rings (SSSR count). The van der Waals surface area contributed by atoms with Crippen molar-refractivity contribution >= 4 is 17.4 Å². The van der Waals surface area contributed by atoms with Crippen LogP contribution >= 0.6 is 11.6 Å². The Bertz CT molecular complexity index is 402. The van der Waals surface area contributed by atoms with Gasteiger partial charge >= 0.3 is 0 Å². The standard InChI is InChI=1S/C13H20ClN3/c1-9(14)13(2,3)17-12-10-6-4-5-7-11(10)15-8-16-12/h8-9H,4-7H2,1-3H3,(H,15,16,17). The summed E-state index contributed by atoms with van der Waals surface area (Å²) in [4.78, 5) is 8.75. The number of halogens is 1. The molecule has 1 heterocycles. The Kier molecular flexibility index (Phi) is 3.57. The Balaban J connectivity index is 2.27. The number of anilines is 1. The first kappa shape index (κ1) is 12.6. The normalized spacial score (nSPS) is 17.4. The number of nitrogens with one attached hydrogen (secondary N) is 1. The topological polar surface area (TPSA) is 37.8 Å². The van der Waals surface area contributed by atoms with Crippen LogP contribution in [0.4, 0.5) is 5.82 Å². The molecule has 0 radical (unpaired) electrons. The molecule has 0 saturated heterocycles. The van der Waals surface area contributed by atoms with Gasteiger partial charge in [-0.15, -0.1) is 11.6 Å². The van der Waals surface area contributed by atoms with Gasteiger partial charge in [0.15, 0.2) is 0 Å². The minimum absolute atomic E-state index is 0.0386. The number of aryl methyl sites for hydroxylation is 1. The molecule has 0 spiro atoms. The lowest BCUT2D eigenvalue weighted by atomic mass is 9.95. The summed E-state index contributed by atoms with van der Waals surface area (Å²) in [5, 5.41) is 3.50. The first-order valence-corrected chi connectivity index (χ1v) is 6.69. The van der Waals surface area contributed by atoms with E-state index in [9.17, 15) is 0 Å².